The van der Waals surface area contributed by atoms with Gasteiger partial charge in [-0.1, -0.05) is 104 Å². The Morgan fingerprint density at radius 1 is 0.556 bits per heavy atom. The van der Waals surface area contributed by atoms with E-state index in [1.54, 1.807) is 0 Å². The zero-order chi connectivity index (χ0) is 19.6. The minimum atomic E-state index is 1.16. The summed E-state index contributed by atoms with van der Waals surface area (Å²) in [5.74, 6) is 0. The number of aryl methyl sites for hydroxylation is 3. The van der Waals surface area contributed by atoms with Crippen molar-refractivity contribution in [3.8, 4) is 0 Å². The summed E-state index contributed by atoms with van der Waals surface area (Å²) in [5, 5.41) is 0. The molecule has 0 saturated carbocycles. The van der Waals surface area contributed by atoms with Crippen molar-refractivity contribution in [1.82, 2.24) is 0 Å². The van der Waals surface area contributed by atoms with Crippen LogP contribution in [0.25, 0.3) is 0 Å². The zero-order valence-electron chi connectivity index (χ0n) is 18.9. The van der Waals surface area contributed by atoms with Gasteiger partial charge in [0.2, 0.25) is 0 Å². The summed E-state index contributed by atoms with van der Waals surface area (Å²) in [7, 11) is 0. The van der Waals surface area contributed by atoms with Gasteiger partial charge in [0, 0.05) is 18.1 Å². The summed E-state index contributed by atoms with van der Waals surface area (Å²) in [6.45, 7) is 8.02. The number of hydrogen-bond donors (Lipinski definition) is 0. The van der Waals surface area contributed by atoms with Crippen molar-refractivity contribution < 1.29 is 4.57 Å². The van der Waals surface area contributed by atoms with Gasteiger partial charge < -0.3 is 0 Å². The third-order valence-electron chi connectivity index (χ3n) is 5.98. The summed E-state index contributed by atoms with van der Waals surface area (Å²) in [5.41, 5.74) is 3.05. The van der Waals surface area contributed by atoms with Crippen LogP contribution in [0.15, 0.2) is 18.5 Å². The lowest BCUT2D eigenvalue weighted by atomic mass is 10.0. The maximum atomic E-state index is 2.40. The smallest absolute Gasteiger partial charge is 0.172 e. The van der Waals surface area contributed by atoms with Gasteiger partial charge in [0.15, 0.2) is 12.4 Å². The van der Waals surface area contributed by atoms with Crippen molar-refractivity contribution in [3.63, 3.8) is 0 Å². The lowest BCUT2D eigenvalue weighted by Crippen LogP contribution is -2.33. The zero-order valence-corrected chi connectivity index (χ0v) is 18.9. The Morgan fingerprint density at radius 2 is 1.00 bits per heavy atom. The van der Waals surface area contributed by atoms with Gasteiger partial charge in [-0.25, -0.2) is 4.57 Å². The molecule has 0 radical (unpaired) electrons. The number of rotatable bonds is 18. The van der Waals surface area contributed by atoms with Crippen LogP contribution >= 0.6 is 0 Å². The van der Waals surface area contributed by atoms with Crippen molar-refractivity contribution in [2.75, 3.05) is 0 Å². The van der Waals surface area contributed by atoms with Crippen molar-refractivity contribution in [2.45, 2.75) is 136 Å². The Bertz CT molecular complexity index is 452. The highest BCUT2D eigenvalue weighted by Gasteiger charge is 2.06. The first-order valence-corrected chi connectivity index (χ1v) is 12.3. The highest BCUT2D eigenvalue weighted by Crippen LogP contribution is 2.13. The molecule has 0 atom stereocenters. The average Bonchev–Trinajstić information content (AvgIpc) is 2.70. The lowest BCUT2D eigenvalue weighted by Gasteiger charge is -2.05. The van der Waals surface area contributed by atoms with Crippen LogP contribution in [0.3, 0.4) is 0 Å². The van der Waals surface area contributed by atoms with E-state index in [1.165, 1.54) is 114 Å². The molecule has 0 bridgehead atoms. The monoisotopic (exact) mass is 374 g/mol. The normalized spacial score (nSPS) is 11.2. The Morgan fingerprint density at radius 3 is 1.44 bits per heavy atom. The van der Waals surface area contributed by atoms with Crippen LogP contribution in [0.5, 0.6) is 0 Å². The summed E-state index contributed by atoms with van der Waals surface area (Å²) >= 11 is 0. The van der Waals surface area contributed by atoms with E-state index in [2.05, 4.69) is 43.8 Å². The predicted molar refractivity (Wildman–Crippen MR) is 120 cm³/mol. The van der Waals surface area contributed by atoms with Crippen molar-refractivity contribution in [2.24, 2.45) is 0 Å². The molecule has 0 fully saturated rings. The first-order chi connectivity index (χ1) is 13.3. The fraction of sp³-hybridized carbons (Fsp3) is 0.808. The van der Waals surface area contributed by atoms with Gasteiger partial charge in [0.25, 0.3) is 0 Å². The molecular formula is C26H48N+. The van der Waals surface area contributed by atoms with E-state index in [4.69, 9.17) is 0 Å². The second-order valence-electron chi connectivity index (χ2n) is 8.39. The Kier molecular flexibility index (Phi) is 15.5. The van der Waals surface area contributed by atoms with Crippen LogP contribution in [0.4, 0.5) is 0 Å². The van der Waals surface area contributed by atoms with Gasteiger partial charge in [-0.05, 0) is 24.8 Å². The average molecular weight is 375 g/mol. The van der Waals surface area contributed by atoms with Crippen molar-refractivity contribution in [1.29, 1.82) is 0 Å². The van der Waals surface area contributed by atoms with Gasteiger partial charge in [-0.2, -0.15) is 0 Å². The molecule has 0 aromatic carbocycles. The van der Waals surface area contributed by atoms with Crippen LogP contribution in [-0.2, 0) is 19.4 Å². The molecule has 0 unspecified atom stereocenters. The van der Waals surface area contributed by atoms with E-state index >= 15 is 0 Å². The first-order valence-electron chi connectivity index (χ1n) is 12.3. The first kappa shape index (κ1) is 24.2. The second-order valence-corrected chi connectivity index (χ2v) is 8.39. The van der Waals surface area contributed by atoms with E-state index in [0.717, 1.165) is 12.8 Å². The Hall–Kier alpha value is -0.850. The van der Waals surface area contributed by atoms with E-state index < -0.39 is 0 Å². The molecule has 1 aromatic rings. The fourth-order valence-electron chi connectivity index (χ4n) is 4.09. The molecule has 156 valence electrons. The van der Waals surface area contributed by atoms with Gasteiger partial charge in [-0.15, -0.1) is 0 Å². The lowest BCUT2D eigenvalue weighted by molar-refractivity contribution is -0.697. The minimum Gasteiger partial charge on any atom is -0.205 e. The van der Waals surface area contributed by atoms with E-state index in [9.17, 15) is 0 Å². The van der Waals surface area contributed by atoms with Crippen LogP contribution in [0.2, 0.25) is 0 Å². The van der Waals surface area contributed by atoms with E-state index in [0.29, 0.717) is 0 Å². The highest BCUT2D eigenvalue weighted by molar-refractivity contribution is 5.20. The third kappa shape index (κ3) is 12.3. The van der Waals surface area contributed by atoms with Crippen LogP contribution < -0.4 is 4.57 Å². The molecule has 0 aliphatic rings. The fourth-order valence-corrected chi connectivity index (χ4v) is 4.09. The highest BCUT2D eigenvalue weighted by atomic mass is 14.9. The predicted octanol–water partition coefficient (Wildman–Crippen LogP) is 7.97. The Balaban J connectivity index is 1.89. The summed E-state index contributed by atoms with van der Waals surface area (Å²) in [6.07, 6.45) is 28.5. The third-order valence-corrected chi connectivity index (χ3v) is 5.98. The molecule has 0 spiro atoms. The molecule has 1 nitrogen and oxygen atoms in total. The molecule has 0 saturated heterocycles. The maximum absolute atomic E-state index is 2.40. The van der Waals surface area contributed by atoms with Gasteiger partial charge in [-0.3, -0.25) is 0 Å². The molecular weight excluding hydrogens is 326 g/mol. The van der Waals surface area contributed by atoms with Crippen molar-refractivity contribution in [3.05, 3.63) is 29.6 Å². The molecule has 0 N–H and O–H groups in total. The van der Waals surface area contributed by atoms with Gasteiger partial charge in [0.1, 0.15) is 6.54 Å². The largest absolute Gasteiger partial charge is 0.205 e. The number of unbranched alkanes of at least 4 members (excludes halogenated alkanes) is 14. The van der Waals surface area contributed by atoms with Gasteiger partial charge in [0.05, 0.1) is 0 Å². The quantitative estimate of drug-likeness (QED) is 0.181. The number of aromatic nitrogens is 1. The number of hydrogen-bond acceptors (Lipinski definition) is 0. The number of pyridine rings is 1. The molecule has 27 heavy (non-hydrogen) atoms. The molecule has 0 aliphatic heterocycles. The SMILES string of the molecule is CCCCCCCCCCCCCCCCC[n+]1ccc(CC)c(CC)c1. The minimum absolute atomic E-state index is 1.16. The molecule has 1 heteroatoms. The molecule has 0 aliphatic carbocycles. The molecule has 0 amide bonds. The summed E-state index contributed by atoms with van der Waals surface area (Å²) in [4.78, 5) is 0. The Labute approximate surface area is 171 Å². The van der Waals surface area contributed by atoms with Gasteiger partial charge >= 0.3 is 0 Å². The molecule has 1 aromatic heterocycles. The standard InChI is InChI=1S/C26H48N/c1-4-7-8-9-10-11-12-13-14-15-16-17-18-19-20-22-27-23-21-25(5-2)26(6-3)24-27/h21,23-24H,4-20,22H2,1-3H3/q+1. The summed E-state index contributed by atoms with van der Waals surface area (Å²) < 4.78 is 2.40. The number of nitrogens with zero attached hydrogens (tertiary/aromatic N) is 1. The van der Waals surface area contributed by atoms with Crippen LogP contribution in [0, 0.1) is 0 Å². The summed E-state index contributed by atoms with van der Waals surface area (Å²) in [6, 6.07) is 2.32. The van der Waals surface area contributed by atoms with Crippen LogP contribution in [-0.4, -0.2) is 0 Å². The van der Waals surface area contributed by atoms with Crippen LogP contribution in [0.1, 0.15) is 128 Å². The maximum Gasteiger partial charge on any atom is 0.172 e. The molecule has 1 rings (SSSR count). The van der Waals surface area contributed by atoms with E-state index in [-0.39, 0.29) is 0 Å². The second kappa shape index (κ2) is 17.3. The molecule has 1 heterocycles. The van der Waals surface area contributed by atoms with E-state index in [1.807, 2.05) is 0 Å². The van der Waals surface area contributed by atoms with Crippen molar-refractivity contribution >= 4 is 0 Å². The topological polar surface area (TPSA) is 3.88 Å².